The number of hydrogen-bond donors (Lipinski definition) is 2. The largest absolute Gasteiger partial charge is 0.417 e. The molecular weight excluding hydrogens is 317 g/mol. The maximum absolute atomic E-state index is 12.9. The van der Waals surface area contributed by atoms with Crippen molar-refractivity contribution in [1.29, 1.82) is 0 Å². The van der Waals surface area contributed by atoms with Gasteiger partial charge in [-0.3, -0.25) is 4.79 Å². The minimum atomic E-state index is -4.51. The predicted molar refractivity (Wildman–Crippen MR) is 79.1 cm³/mol. The molecule has 2 N–H and O–H groups in total. The third-order valence-electron chi connectivity index (χ3n) is 4.29. The Balaban J connectivity index is 0.00000176. The summed E-state index contributed by atoms with van der Waals surface area (Å²) in [7, 11) is 0. The van der Waals surface area contributed by atoms with Gasteiger partial charge in [0.2, 0.25) is 0 Å². The van der Waals surface area contributed by atoms with Crippen molar-refractivity contribution in [3.05, 3.63) is 35.4 Å². The Bertz CT molecular complexity index is 538. The molecule has 0 aliphatic carbocycles. The molecule has 2 bridgehead atoms. The zero-order chi connectivity index (χ0) is 15.0. The van der Waals surface area contributed by atoms with Gasteiger partial charge in [0.15, 0.2) is 0 Å². The summed E-state index contributed by atoms with van der Waals surface area (Å²) in [5.41, 5.74) is -1.17. The van der Waals surface area contributed by atoms with E-state index in [0.717, 1.165) is 31.7 Å². The monoisotopic (exact) mass is 334 g/mol. The molecule has 1 aromatic carbocycles. The molecule has 22 heavy (non-hydrogen) atoms. The fraction of sp³-hybridized carbons (Fsp3) is 0.533. The lowest BCUT2D eigenvalue weighted by Crippen LogP contribution is -2.48. The number of rotatable bonds is 2. The second-order valence-corrected chi connectivity index (χ2v) is 5.82. The normalized spacial score (nSPS) is 27.1. The molecule has 1 amide bonds. The minimum Gasteiger partial charge on any atom is -0.349 e. The van der Waals surface area contributed by atoms with E-state index in [-0.39, 0.29) is 24.0 Å². The van der Waals surface area contributed by atoms with Gasteiger partial charge in [0, 0.05) is 18.1 Å². The average Bonchev–Trinajstić information content (AvgIpc) is 2.77. The van der Waals surface area contributed by atoms with Crippen LogP contribution in [-0.4, -0.2) is 24.0 Å². The predicted octanol–water partition coefficient (Wildman–Crippen LogP) is 3.14. The molecule has 2 heterocycles. The number of carbonyl (C=O) groups excluding carboxylic acids is 1. The van der Waals surface area contributed by atoms with Gasteiger partial charge in [-0.15, -0.1) is 12.4 Å². The molecule has 122 valence electrons. The Labute approximate surface area is 133 Å². The lowest BCUT2D eigenvalue weighted by Gasteiger charge is -2.30. The Morgan fingerprint density at radius 1 is 1.14 bits per heavy atom. The first-order valence-electron chi connectivity index (χ1n) is 7.16. The lowest BCUT2D eigenvalue weighted by molar-refractivity contribution is -0.137. The molecule has 0 radical (unpaired) electrons. The van der Waals surface area contributed by atoms with E-state index in [9.17, 15) is 18.0 Å². The standard InChI is InChI=1S/C15H17F3N2O.ClH/c16-15(17,18)13-4-2-1-3-12(13)14(21)20-11-7-9-5-6-10(8-11)19-9;/h1-4,9-11,19H,5-8H2,(H,20,21);1H. The van der Waals surface area contributed by atoms with E-state index in [4.69, 9.17) is 0 Å². The highest BCUT2D eigenvalue weighted by molar-refractivity contribution is 5.96. The molecular formula is C15H18ClF3N2O. The number of halogens is 4. The number of amides is 1. The maximum atomic E-state index is 12.9. The van der Waals surface area contributed by atoms with E-state index in [1.165, 1.54) is 18.2 Å². The van der Waals surface area contributed by atoms with Crippen LogP contribution in [0.5, 0.6) is 0 Å². The fourth-order valence-corrected chi connectivity index (χ4v) is 3.37. The molecule has 2 aliphatic rings. The highest BCUT2D eigenvalue weighted by atomic mass is 35.5. The van der Waals surface area contributed by atoms with E-state index >= 15 is 0 Å². The van der Waals surface area contributed by atoms with E-state index in [0.29, 0.717) is 12.1 Å². The summed E-state index contributed by atoms with van der Waals surface area (Å²) in [6.45, 7) is 0. The van der Waals surface area contributed by atoms with Gasteiger partial charge in [0.25, 0.3) is 5.91 Å². The number of fused-ring (bicyclic) bond motifs is 2. The summed E-state index contributed by atoms with van der Waals surface area (Å²) in [6, 6.07) is 5.64. The lowest BCUT2D eigenvalue weighted by atomic mass is 9.98. The Hall–Kier alpha value is -1.27. The van der Waals surface area contributed by atoms with Crippen molar-refractivity contribution in [3.8, 4) is 0 Å². The molecule has 1 aromatic rings. The third-order valence-corrected chi connectivity index (χ3v) is 4.29. The van der Waals surface area contributed by atoms with Crippen molar-refractivity contribution < 1.29 is 18.0 Å². The van der Waals surface area contributed by atoms with Crippen molar-refractivity contribution in [2.24, 2.45) is 0 Å². The van der Waals surface area contributed by atoms with Crippen molar-refractivity contribution in [2.75, 3.05) is 0 Å². The first-order chi connectivity index (χ1) is 9.93. The summed E-state index contributed by atoms with van der Waals surface area (Å²) >= 11 is 0. The van der Waals surface area contributed by atoms with Crippen LogP contribution in [0, 0.1) is 0 Å². The molecule has 0 spiro atoms. The molecule has 3 rings (SSSR count). The summed E-state index contributed by atoms with van der Waals surface area (Å²) in [6.07, 6.45) is -0.777. The van der Waals surface area contributed by atoms with Gasteiger partial charge in [-0.2, -0.15) is 13.2 Å². The molecule has 3 nitrogen and oxygen atoms in total. The van der Waals surface area contributed by atoms with Crippen molar-refractivity contribution >= 4 is 18.3 Å². The van der Waals surface area contributed by atoms with Crippen LogP contribution >= 0.6 is 12.4 Å². The van der Waals surface area contributed by atoms with Crippen LogP contribution in [-0.2, 0) is 6.18 Å². The van der Waals surface area contributed by atoms with Crippen molar-refractivity contribution in [3.63, 3.8) is 0 Å². The first kappa shape index (κ1) is 17.1. The molecule has 2 unspecified atom stereocenters. The van der Waals surface area contributed by atoms with Crippen LogP contribution in [0.15, 0.2) is 24.3 Å². The number of nitrogens with one attached hydrogen (secondary N) is 2. The Morgan fingerprint density at radius 2 is 1.73 bits per heavy atom. The second kappa shape index (κ2) is 6.46. The van der Waals surface area contributed by atoms with Gasteiger partial charge < -0.3 is 10.6 Å². The van der Waals surface area contributed by atoms with Crippen LogP contribution in [0.25, 0.3) is 0 Å². The molecule has 0 saturated carbocycles. The summed E-state index contributed by atoms with van der Waals surface area (Å²) < 4.78 is 38.8. The van der Waals surface area contributed by atoms with Crippen LogP contribution in [0.1, 0.15) is 41.6 Å². The van der Waals surface area contributed by atoms with E-state index in [1.54, 1.807) is 0 Å². The van der Waals surface area contributed by atoms with Crippen LogP contribution in [0.3, 0.4) is 0 Å². The van der Waals surface area contributed by atoms with Crippen LogP contribution in [0.4, 0.5) is 13.2 Å². The van der Waals surface area contributed by atoms with Crippen molar-refractivity contribution in [1.82, 2.24) is 10.6 Å². The summed E-state index contributed by atoms with van der Waals surface area (Å²) in [5.74, 6) is -0.630. The van der Waals surface area contributed by atoms with E-state index in [1.807, 2.05) is 0 Å². The van der Waals surface area contributed by atoms with Crippen molar-refractivity contribution in [2.45, 2.75) is 50.0 Å². The topological polar surface area (TPSA) is 41.1 Å². The second-order valence-electron chi connectivity index (χ2n) is 5.82. The zero-order valence-corrected chi connectivity index (χ0v) is 12.6. The molecule has 7 heteroatoms. The van der Waals surface area contributed by atoms with Gasteiger partial charge in [0.05, 0.1) is 11.1 Å². The highest BCUT2D eigenvalue weighted by Gasteiger charge is 2.37. The average molecular weight is 335 g/mol. The molecule has 2 fully saturated rings. The molecule has 2 saturated heterocycles. The maximum Gasteiger partial charge on any atom is 0.417 e. The van der Waals surface area contributed by atoms with E-state index < -0.39 is 17.6 Å². The summed E-state index contributed by atoms with van der Waals surface area (Å²) in [5, 5.41) is 6.21. The number of piperidine rings is 1. The smallest absolute Gasteiger partial charge is 0.349 e. The van der Waals surface area contributed by atoms with Gasteiger partial charge in [-0.05, 0) is 37.8 Å². The SMILES string of the molecule is Cl.O=C(NC1CC2CCC(C1)N2)c1ccccc1C(F)(F)F. The van der Waals surface area contributed by atoms with Crippen LogP contribution in [0.2, 0.25) is 0 Å². The van der Waals surface area contributed by atoms with Gasteiger partial charge in [-0.25, -0.2) is 0 Å². The van der Waals surface area contributed by atoms with E-state index in [2.05, 4.69) is 10.6 Å². The summed E-state index contributed by atoms with van der Waals surface area (Å²) in [4.78, 5) is 12.2. The highest BCUT2D eigenvalue weighted by Crippen LogP contribution is 2.32. The molecule has 2 atom stereocenters. The molecule has 2 aliphatic heterocycles. The minimum absolute atomic E-state index is 0. The fourth-order valence-electron chi connectivity index (χ4n) is 3.37. The Morgan fingerprint density at radius 3 is 2.32 bits per heavy atom. The number of hydrogen-bond acceptors (Lipinski definition) is 2. The quantitative estimate of drug-likeness (QED) is 0.872. The number of carbonyl (C=O) groups is 1. The van der Waals surface area contributed by atoms with Gasteiger partial charge >= 0.3 is 6.18 Å². The third kappa shape index (κ3) is 3.55. The number of benzene rings is 1. The zero-order valence-electron chi connectivity index (χ0n) is 11.8. The van der Waals surface area contributed by atoms with Gasteiger partial charge in [-0.1, -0.05) is 12.1 Å². The Kier molecular flexibility index (Phi) is 5.02. The van der Waals surface area contributed by atoms with Crippen LogP contribution < -0.4 is 10.6 Å². The molecule has 0 aromatic heterocycles. The van der Waals surface area contributed by atoms with Gasteiger partial charge in [0.1, 0.15) is 0 Å². The number of alkyl halides is 3. The first-order valence-corrected chi connectivity index (χ1v) is 7.16.